The molecule has 0 radical (unpaired) electrons. The summed E-state index contributed by atoms with van der Waals surface area (Å²) in [6.07, 6.45) is 4.96. The normalized spacial score (nSPS) is 17.4. The summed E-state index contributed by atoms with van der Waals surface area (Å²) in [5.74, 6) is 0.282. The summed E-state index contributed by atoms with van der Waals surface area (Å²) in [5.41, 5.74) is 2.06. The summed E-state index contributed by atoms with van der Waals surface area (Å²) < 4.78 is 0. The molecule has 0 atom stereocenters. The fraction of sp³-hybridized carbons (Fsp3) is 0.400. The van der Waals surface area contributed by atoms with Crippen molar-refractivity contribution in [3.05, 3.63) is 47.5 Å². The Bertz CT molecular complexity index is 406. The average molecular weight is 214 g/mol. The Kier molecular flexibility index (Phi) is 2.95. The molecule has 84 valence electrons. The maximum Gasteiger partial charge on any atom is 0.166 e. The fourth-order valence-corrected chi connectivity index (χ4v) is 2.37. The molecule has 1 saturated carbocycles. The Morgan fingerprint density at radius 1 is 1.19 bits per heavy atom. The monoisotopic (exact) mass is 214 g/mol. The molecule has 0 amide bonds. The van der Waals surface area contributed by atoms with Crippen LogP contribution in [0.4, 0.5) is 0 Å². The molecule has 2 rings (SSSR count). The van der Waals surface area contributed by atoms with Crippen molar-refractivity contribution < 1.29 is 4.79 Å². The van der Waals surface area contributed by atoms with Gasteiger partial charge in [0.05, 0.1) is 5.41 Å². The largest absolute Gasteiger partial charge is 0.294 e. The lowest BCUT2D eigenvalue weighted by Crippen LogP contribution is -2.41. The average Bonchev–Trinajstić information content (AvgIpc) is 2.16. The number of ketones is 1. The van der Waals surface area contributed by atoms with E-state index in [0.717, 1.165) is 24.8 Å². The van der Waals surface area contributed by atoms with Gasteiger partial charge in [-0.3, -0.25) is 4.79 Å². The van der Waals surface area contributed by atoms with Gasteiger partial charge in [0.2, 0.25) is 0 Å². The van der Waals surface area contributed by atoms with E-state index >= 15 is 0 Å². The van der Waals surface area contributed by atoms with E-state index in [1.165, 1.54) is 5.56 Å². The van der Waals surface area contributed by atoms with Crippen molar-refractivity contribution >= 4 is 5.78 Å². The number of carbonyl (C=O) groups excluding carboxylic acids is 1. The number of carbonyl (C=O) groups is 1. The minimum absolute atomic E-state index is 0.210. The van der Waals surface area contributed by atoms with Gasteiger partial charge in [-0.25, -0.2) is 0 Å². The van der Waals surface area contributed by atoms with E-state index in [1.54, 1.807) is 6.08 Å². The molecular weight excluding hydrogens is 196 g/mol. The van der Waals surface area contributed by atoms with E-state index in [-0.39, 0.29) is 11.2 Å². The number of hydrogen-bond donors (Lipinski definition) is 0. The molecule has 0 bridgehead atoms. The zero-order valence-electron chi connectivity index (χ0n) is 9.99. The molecule has 0 spiro atoms. The molecule has 16 heavy (non-hydrogen) atoms. The topological polar surface area (TPSA) is 17.1 Å². The summed E-state index contributed by atoms with van der Waals surface area (Å²) in [4.78, 5) is 12.3. The van der Waals surface area contributed by atoms with Crippen LogP contribution in [0.15, 0.2) is 42.0 Å². The summed E-state index contributed by atoms with van der Waals surface area (Å²) in [5, 5.41) is 0. The highest BCUT2D eigenvalue weighted by Crippen LogP contribution is 2.44. The van der Waals surface area contributed by atoms with Crippen molar-refractivity contribution in [3.8, 4) is 0 Å². The summed E-state index contributed by atoms with van der Waals surface area (Å²) in [6.45, 7) is 3.96. The van der Waals surface area contributed by atoms with Crippen LogP contribution >= 0.6 is 0 Å². The molecule has 1 aromatic carbocycles. The van der Waals surface area contributed by atoms with Crippen molar-refractivity contribution in [3.63, 3.8) is 0 Å². The Morgan fingerprint density at radius 3 is 2.25 bits per heavy atom. The van der Waals surface area contributed by atoms with Gasteiger partial charge in [-0.1, -0.05) is 42.3 Å². The van der Waals surface area contributed by atoms with Crippen molar-refractivity contribution in [2.24, 2.45) is 0 Å². The summed E-state index contributed by atoms with van der Waals surface area (Å²) in [6, 6.07) is 10.2. The molecule has 1 nitrogen and oxygen atoms in total. The third kappa shape index (κ3) is 1.82. The molecule has 1 heteroatoms. The van der Waals surface area contributed by atoms with E-state index in [4.69, 9.17) is 0 Å². The number of hydrogen-bond acceptors (Lipinski definition) is 1. The van der Waals surface area contributed by atoms with Gasteiger partial charge in [0.15, 0.2) is 5.78 Å². The first-order valence-corrected chi connectivity index (χ1v) is 5.90. The van der Waals surface area contributed by atoms with Gasteiger partial charge in [0.1, 0.15) is 0 Å². The van der Waals surface area contributed by atoms with Gasteiger partial charge in [0, 0.05) is 0 Å². The predicted molar refractivity (Wildman–Crippen MR) is 66.4 cm³/mol. The van der Waals surface area contributed by atoms with E-state index in [0.29, 0.717) is 0 Å². The molecule has 0 aromatic heterocycles. The molecule has 0 N–H and O–H groups in total. The minimum atomic E-state index is -0.210. The molecule has 1 aromatic rings. The highest BCUT2D eigenvalue weighted by atomic mass is 16.1. The van der Waals surface area contributed by atoms with Crippen LogP contribution in [0.25, 0.3) is 0 Å². The first kappa shape index (κ1) is 11.1. The fourth-order valence-electron chi connectivity index (χ4n) is 2.37. The van der Waals surface area contributed by atoms with Crippen LogP contribution in [0, 0.1) is 0 Å². The van der Waals surface area contributed by atoms with Crippen LogP contribution in [0.5, 0.6) is 0 Å². The van der Waals surface area contributed by atoms with Crippen molar-refractivity contribution in [1.82, 2.24) is 0 Å². The van der Waals surface area contributed by atoms with Gasteiger partial charge >= 0.3 is 0 Å². The lowest BCUT2D eigenvalue weighted by molar-refractivity contribution is -0.122. The first-order valence-electron chi connectivity index (χ1n) is 5.90. The second-order valence-electron chi connectivity index (χ2n) is 4.89. The highest BCUT2D eigenvalue weighted by Gasteiger charge is 2.43. The molecule has 0 heterocycles. The summed E-state index contributed by atoms with van der Waals surface area (Å²) >= 11 is 0. The van der Waals surface area contributed by atoms with Crippen molar-refractivity contribution in [2.75, 3.05) is 0 Å². The van der Waals surface area contributed by atoms with Crippen molar-refractivity contribution in [1.29, 1.82) is 0 Å². The van der Waals surface area contributed by atoms with Gasteiger partial charge in [-0.15, -0.1) is 0 Å². The van der Waals surface area contributed by atoms with Crippen LogP contribution in [0.1, 0.15) is 38.7 Å². The van der Waals surface area contributed by atoms with Crippen molar-refractivity contribution in [2.45, 2.75) is 38.5 Å². The Labute approximate surface area is 97.2 Å². The van der Waals surface area contributed by atoms with Gasteiger partial charge in [0.25, 0.3) is 0 Å². The van der Waals surface area contributed by atoms with Gasteiger partial charge < -0.3 is 0 Å². The Hall–Kier alpha value is -1.37. The molecular formula is C15H18O. The zero-order chi connectivity index (χ0) is 11.6. The SMILES string of the molecule is CC(C)=CC(=O)C1(c2ccccc2)CCC1. The van der Waals surface area contributed by atoms with Gasteiger partial charge in [-0.2, -0.15) is 0 Å². The number of rotatable bonds is 3. The van der Waals surface area contributed by atoms with Crippen LogP contribution in [0.2, 0.25) is 0 Å². The zero-order valence-corrected chi connectivity index (χ0v) is 9.99. The number of benzene rings is 1. The smallest absolute Gasteiger partial charge is 0.166 e. The van der Waals surface area contributed by atoms with E-state index < -0.39 is 0 Å². The molecule has 0 unspecified atom stereocenters. The van der Waals surface area contributed by atoms with Crippen LogP contribution < -0.4 is 0 Å². The van der Waals surface area contributed by atoms with Crippen LogP contribution in [0.3, 0.4) is 0 Å². The maximum atomic E-state index is 12.3. The molecule has 0 aliphatic heterocycles. The molecule has 1 fully saturated rings. The number of allylic oxidation sites excluding steroid dienone is 2. The quantitative estimate of drug-likeness (QED) is 0.702. The molecule has 1 aliphatic carbocycles. The second-order valence-corrected chi connectivity index (χ2v) is 4.89. The Balaban J connectivity index is 2.34. The lowest BCUT2D eigenvalue weighted by Gasteiger charge is -2.40. The third-order valence-corrected chi connectivity index (χ3v) is 3.42. The Morgan fingerprint density at radius 2 is 1.81 bits per heavy atom. The minimum Gasteiger partial charge on any atom is -0.294 e. The molecule has 1 aliphatic rings. The van der Waals surface area contributed by atoms with E-state index in [1.807, 2.05) is 32.0 Å². The second kappa shape index (κ2) is 4.25. The summed E-state index contributed by atoms with van der Waals surface area (Å²) in [7, 11) is 0. The lowest BCUT2D eigenvalue weighted by atomic mass is 9.62. The predicted octanol–water partition coefficient (Wildman–Crippen LogP) is 3.64. The van der Waals surface area contributed by atoms with Crippen LogP contribution in [-0.2, 0) is 10.2 Å². The van der Waals surface area contributed by atoms with Crippen LogP contribution in [-0.4, -0.2) is 5.78 Å². The standard InChI is InChI=1S/C15H18O/c1-12(2)11-14(16)15(9-6-10-15)13-7-4-3-5-8-13/h3-5,7-8,11H,6,9-10H2,1-2H3. The third-order valence-electron chi connectivity index (χ3n) is 3.42. The van der Waals surface area contributed by atoms with E-state index in [2.05, 4.69) is 12.1 Å². The first-order chi connectivity index (χ1) is 7.65. The molecule has 0 saturated heterocycles. The maximum absolute atomic E-state index is 12.3. The van der Waals surface area contributed by atoms with Gasteiger partial charge in [-0.05, 0) is 38.3 Å². The van der Waals surface area contributed by atoms with E-state index in [9.17, 15) is 4.79 Å². The highest BCUT2D eigenvalue weighted by molar-refractivity contribution is 6.00.